The van der Waals surface area contributed by atoms with Gasteiger partial charge in [-0.05, 0) is 48.7 Å². The fraction of sp³-hybridized carbons (Fsp3) is 0.182. The lowest BCUT2D eigenvalue weighted by molar-refractivity contribution is 0.0950. The Morgan fingerprint density at radius 1 is 1.07 bits per heavy atom. The number of rotatable bonds is 6. The van der Waals surface area contributed by atoms with Crippen molar-refractivity contribution < 1.29 is 9.53 Å². The van der Waals surface area contributed by atoms with Crippen LogP contribution in [0.3, 0.4) is 0 Å². The molecule has 2 N–H and O–H groups in total. The number of methoxy groups -OCH3 is 1. The van der Waals surface area contributed by atoms with E-state index in [-0.39, 0.29) is 5.91 Å². The molecule has 0 aliphatic carbocycles. The number of hydrogen-bond acceptors (Lipinski definition) is 4. The number of benzene rings is 2. The van der Waals surface area contributed by atoms with Gasteiger partial charge in [-0.1, -0.05) is 30.3 Å². The van der Waals surface area contributed by atoms with Crippen LogP contribution >= 0.6 is 0 Å². The van der Waals surface area contributed by atoms with Gasteiger partial charge in [-0.15, -0.1) is 0 Å². The minimum atomic E-state index is -0.161. The number of aromatic nitrogens is 1. The van der Waals surface area contributed by atoms with Crippen molar-refractivity contribution in [2.45, 2.75) is 20.4 Å². The van der Waals surface area contributed by atoms with Gasteiger partial charge in [0, 0.05) is 12.7 Å². The van der Waals surface area contributed by atoms with E-state index >= 15 is 0 Å². The number of anilines is 2. The second-order valence-electron chi connectivity index (χ2n) is 6.40. The van der Waals surface area contributed by atoms with E-state index in [0.717, 1.165) is 33.8 Å². The van der Waals surface area contributed by atoms with Crippen molar-refractivity contribution in [1.29, 1.82) is 0 Å². The second kappa shape index (κ2) is 8.36. The Morgan fingerprint density at radius 3 is 2.67 bits per heavy atom. The Balaban J connectivity index is 1.73. The van der Waals surface area contributed by atoms with E-state index in [4.69, 9.17) is 4.74 Å². The van der Waals surface area contributed by atoms with Gasteiger partial charge in [-0.3, -0.25) is 9.78 Å². The van der Waals surface area contributed by atoms with Gasteiger partial charge in [0.25, 0.3) is 5.91 Å². The molecule has 2 aromatic carbocycles. The predicted octanol–water partition coefficient (Wildman–Crippen LogP) is 4.38. The third kappa shape index (κ3) is 4.64. The van der Waals surface area contributed by atoms with Crippen molar-refractivity contribution in [3.8, 4) is 5.75 Å². The Hall–Kier alpha value is -3.34. The molecular weight excluding hydrogens is 338 g/mol. The molecule has 138 valence electrons. The molecule has 0 atom stereocenters. The molecule has 0 unspecified atom stereocenters. The highest BCUT2D eigenvalue weighted by atomic mass is 16.5. The molecule has 1 amide bonds. The lowest BCUT2D eigenvalue weighted by Crippen LogP contribution is -2.23. The van der Waals surface area contributed by atoms with Crippen LogP contribution in [0.25, 0.3) is 0 Å². The molecule has 1 heterocycles. The van der Waals surface area contributed by atoms with Crippen molar-refractivity contribution in [3.63, 3.8) is 0 Å². The van der Waals surface area contributed by atoms with E-state index in [9.17, 15) is 4.79 Å². The molecule has 0 radical (unpaired) electrons. The first kappa shape index (κ1) is 18.5. The fourth-order valence-corrected chi connectivity index (χ4v) is 2.79. The van der Waals surface area contributed by atoms with Gasteiger partial charge in [0.2, 0.25) is 0 Å². The second-order valence-corrected chi connectivity index (χ2v) is 6.40. The van der Waals surface area contributed by atoms with Crippen LogP contribution in [-0.4, -0.2) is 18.0 Å². The van der Waals surface area contributed by atoms with E-state index in [1.54, 1.807) is 25.6 Å². The molecule has 3 aromatic rings. The zero-order valence-corrected chi connectivity index (χ0v) is 15.7. The molecule has 1 aromatic heterocycles. The van der Waals surface area contributed by atoms with E-state index in [1.165, 1.54) is 0 Å². The van der Waals surface area contributed by atoms with Gasteiger partial charge in [-0.25, -0.2) is 0 Å². The van der Waals surface area contributed by atoms with Gasteiger partial charge < -0.3 is 15.4 Å². The first-order valence-electron chi connectivity index (χ1n) is 8.76. The lowest BCUT2D eigenvalue weighted by atomic mass is 10.1. The van der Waals surface area contributed by atoms with Crippen molar-refractivity contribution in [3.05, 3.63) is 83.2 Å². The summed E-state index contributed by atoms with van der Waals surface area (Å²) >= 11 is 0. The summed E-state index contributed by atoms with van der Waals surface area (Å²) in [4.78, 5) is 16.7. The summed E-state index contributed by atoms with van der Waals surface area (Å²) in [5.41, 5.74) is 5.41. The van der Waals surface area contributed by atoms with Crippen LogP contribution in [0.1, 0.15) is 27.0 Å². The minimum Gasteiger partial charge on any atom is -0.495 e. The first-order chi connectivity index (χ1) is 13.1. The molecule has 5 heteroatoms. The third-order valence-electron chi connectivity index (χ3n) is 4.34. The number of amides is 1. The van der Waals surface area contributed by atoms with Crippen LogP contribution < -0.4 is 15.4 Å². The van der Waals surface area contributed by atoms with E-state index < -0.39 is 0 Å². The van der Waals surface area contributed by atoms with Gasteiger partial charge in [0.15, 0.2) is 0 Å². The number of nitrogens with zero attached hydrogens (tertiary/aromatic N) is 1. The zero-order chi connectivity index (χ0) is 19.2. The van der Waals surface area contributed by atoms with Crippen molar-refractivity contribution in [2.75, 3.05) is 12.4 Å². The van der Waals surface area contributed by atoms with Gasteiger partial charge in [0.05, 0.1) is 30.2 Å². The highest BCUT2D eigenvalue weighted by Crippen LogP contribution is 2.28. The van der Waals surface area contributed by atoms with Crippen molar-refractivity contribution >= 4 is 17.3 Å². The largest absolute Gasteiger partial charge is 0.495 e. The standard InChI is InChI=1S/C22H23N3O2/c1-15-8-9-21(27-3)20(10-15)25-19-11-18(12-23-14-19)22(26)24-13-17-7-5-4-6-16(17)2/h4-12,14,25H,13H2,1-3H3,(H,24,26). The van der Waals surface area contributed by atoms with Crippen LogP contribution in [-0.2, 0) is 6.54 Å². The molecule has 0 aliphatic rings. The first-order valence-corrected chi connectivity index (χ1v) is 8.76. The Kier molecular flexibility index (Phi) is 5.71. The number of aryl methyl sites for hydroxylation is 2. The van der Waals surface area contributed by atoms with Crippen molar-refractivity contribution in [1.82, 2.24) is 10.3 Å². The van der Waals surface area contributed by atoms with Crippen LogP contribution in [0.4, 0.5) is 11.4 Å². The van der Waals surface area contributed by atoms with Crippen LogP contribution in [0.15, 0.2) is 60.9 Å². The van der Waals surface area contributed by atoms with E-state index in [1.807, 2.05) is 56.3 Å². The summed E-state index contributed by atoms with van der Waals surface area (Å²) in [7, 11) is 1.63. The normalized spacial score (nSPS) is 10.3. The molecule has 0 saturated heterocycles. The number of hydrogen-bond donors (Lipinski definition) is 2. The van der Waals surface area contributed by atoms with Crippen LogP contribution in [0, 0.1) is 13.8 Å². The molecule has 5 nitrogen and oxygen atoms in total. The van der Waals surface area contributed by atoms with Crippen LogP contribution in [0.5, 0.6) is 5.75 Å². The maximum atomic E-state index is 12.5. The molecular formula is C22H23N3O2. The highest BCUT2D eigenvalue weighted by molar-refractivity contribution is 5.94. The molecule has 27 heavy (non-hydrogen) atoms. The molecule has 0 spiro atoms. The van der Waals surface area contributed by atoms with Gasteiger partial charge >= 0.3 is 0 Å². The summed E-state index contributed by atoms with van der Waals surface area (Å²) in [6.07, 6.45) is 3.24. The topological polar surface area (TPSA) is 63.2 Å². The fourth-order valence-electron chi connectivity index (χ4n) is 2.79. The summed E-state index contributed by atoms with van der Waals surface area (Å²) < 4.78 is 5.39. The maximum absolute atomic E-state index is 12.5. The SMILES string of the molecule is COc1ccc(C)cc1Nc1cncc(C(=O)NCc2ccccc2C)c1. The zero-order valence-electron chi connectivity index (χ0n) is 15.7. The van der Waals surface area contributed by atoms with Crippen molar-refractivity contribution in [2.24, 2.45) is 0 Å². The Bertz CT molecular complexity index is 954. The van der Waals surface area contributed by atoms with Gasteiger partial charge in [0.1, 0.15) is 5.75 Å². The number of ether oxygens (including phenoxy) is 1. The van der Waals surface area contributed by atoms with E-state index in [2.05, 4.69) is 15.6 Å². The average molecular weight is 361 g/mol. The lowest BCUT2D eigenvalue weighted by Gasteiger charge is -2.13. The summed E-state index contributed by atoms with van der Waals surface area (Å²) in [6.45, 7) is 4.52. The third-order valence-corrected chi connectivity index (χ3v) is 4.34. The summed E-state index contributed by atoms with van der Waals surface area (Å²) in [5.74, 6) is 0.570. The van der Waals surface area contributed by atoms with E-state index in [0.29, 0.717) is 12.1 Å². The predicted molar refractivity (Wildman–Crippen MR) is 108 cm³/mol. The quantitative estimate of drug-likeness (QED) is 0.684. The highest BCUT2D eigenvalue weighted by Gasteiger charge is 2.09. The molecule has 0 fully saturated rings. The van der Waals surface area contributed by atoms with Gasteiger partial charge in [-0.2, -0.15) is 0 Å². The average Bonchev–Trinajstić information content (AvgIpc) is 2.67. The molecule has 3 rings (SSSR count). The molecule has 0 bridgehead atoms. The number of carbonyl (C=O) groups excluding carboxylic acids is 1. The monoisotopic (exact) mass is 361 g/mol. The van der Waals surface area contributed by atoms with Crippen LogP contribution in [0.2, 0.25) is 0 Å². The smallest absolute Gasteiger partial charge is 0.253 e. The molecule has 0 aliphatic heterocycles. The summed E-state index contributed by atoms with van der Waals surface area (Å²) in [6, 6.07) is 15.7. The Labute approximate surface area is 159 Å². The Morgan fingerprint density at radius 2 is 1.89 bits per heavy atom. The number of carbonyl (C=O) groups is 1. The summed E-state index contributed by atoms with van der Waals surface area (Å²) in [5, 5.41) is 6.22. The maximum Gasteiger partial charge on any atom is 0.253 e. The number of pyridine rings is 1. The molecule has 0 saturated carbocycles. The minimum absolute atomic E-state index is 0.161. The number of nitrogens with one attached hydrogen (secondary N) is 2.